The summed E-state index contributed by atoms with van der Waals surface area (Å²) >= 11 is 0. The molecule has 1 heterocycles. The van der Waals surface area contributed by atoms with Crippen LogP contribution in [0.15, 0.2) is 24.3 Å². The lowest BCUT2D eigenvalue weighted by Gasteiger charge is -2.24. The first-order valence-corrected chi connectivity index (χ1v) is 9.08. The minimum absolute atomic E-state index is 0.247. The standard InChI is InChI=1S/C19H25N3O4/c1-26-15-8-6-14(7-9-15)12-20-16(23)13-22-17(24)19(21-18(22)25)10-4-2-3-5-11-19/h6-9H,2-5,10-13H2,1H3,(H,20,23)(H,21,25). The van der Waals surface area contributed by atoms with Crippen molar-refractivity contribution in [2.75, 3.05) is 13.7 Å². The number of benzene rings is 1. The van der Waals surface area contributed by atoms with E-state index in [0.717, 1.165) is 41.9 Å². The maximum absolute atomic E-state index is 12.8. The molecule has 26 heavy (non-hydrogen) atoms. The van der Waals surface area contributed by atoms with Crippen LogP contribution in [0, 0.1) is 0 Å². The number of rotatable bonds is 5. The van der Waals surface area contributed by atoms with Gasteiger partial charge in [-0.25, -0.2) is 4.79 Å². The SMILES string of the molecule is COc1ccc(CNC(=O)CN2C(=O)NC3(CCCCCC3)C2=O)cc1. The van der Waals surface area contributed by atoms with Crippen LogP contribution >= 0.6 is 0 Å². The Hall–Kier alpha value is -2.57. The third-order valence-corrected chi connectivity index (χ3v) is 5.15. The molecule has 2 aliphatic rings. The molecule has 2 fully saturated rings. The summed E-state index contributed by atoms with van der Waals surface area (Å²) in [6.07, 6.45) is 5.30. The van der Waals surface area contributed by atoms with Crippen molar-refractivity contribution >= 4 is 17.8 Å². The molecule has 1 saturated heterocycles. The smallest absolute Gasteiger partial charge is 0.325 e. The van der Waals surface area contributed by atoms with Gasteiger partial charge in [0.1, 0.15) is 17.8 Å². The second kappa shape index (κ2) is 7.76. The Balaban J connectivity index is 1.56. The average Bonchev–Trinajstić information content (AvgIpc) is 2.82. The summed E-state index contributed by atoms with van der Waals surface area (Å²) in [7, 11) is 1.59. The van der Waals surface area contributed by atoms with Crippen LogP contribution in [-0.4, -0.2) is 41.9 Å². The number of hydrogen-bond donors (Lipinski definition) is 2. The van der Waals surface area contributed by atoms with Crippen molar-refractivity contribution in [1.82, 2.24) is 15.5 Å². The van der Waals surface area contributed by atoms with Gasteiger partial charge in [0.15, 0.2) is 0 Å². The first kappa shape index (κ1) is 18.2. The molecule has 2 N–H and O–H groups in total. The number of urea groups is 1. The summed E-state index contributed by atoms with van der Waals surface area (Å²) in [6.45, 7) is 0.0835. The quantitative estimate of drug-likeness (QED) is 0.787. The van der Waals surface area contributed by atoms with Crippen molar-refractivity contribution in [3.63, 3.8) is 0 Å². The molecule has 1 saturated carbocycles. The van der Waals surface area contributed by atoms with Crippen molar-refractivity contribution < 1.29 is 19.1 Å². The van der Waals surface area contributed by atoms with E-state index in [9.17, 15) is 14.4 Å². The summed E-state index contributed by atoms with van der Waals surface area (Å²) < 4.78 is 5.09. The minimum Gasteiger partial charge on any atom is -0.497 e. The third kappa shape index (κ3) is 3.81. The molecule has 0 atom stereocenters. The second-order valence-electron chi connectivity index (χ2n) is 6.94. The Labute approximate surface area is 153 Å². The Kier molecular flexibility index (Phi) is 5.44. The highest BCUT2D eigenvalue weighted by Gasteiger charge is 2.51. The molecule has 3 rings (SSSR count). The highest BCUT2D eigenvalue weighted by Crippen LogP contribution is 2.32. The van der Waals surface area contributed by atoms with Gasteiger partial charge in [0, 0.05) is 6.54 Å². The van der Waals surface area contributed by atoms with E-state index in [1.807, 2.05) is 24.3 Å². The predicted molar refractivity (Wildman–Crippen MR) is 95.5 cm³/mol. The van der Waals surface area contributed by atoms with Crippen LogP contribution in [0.3, 0.4) is 0 Å². The number of carbonyl (C=O) groups is 3. The van der Waals surface area contributed by atoms with Crippen molar-refractivity contribution in [1.29, 1.82) is 0 Å². The van der Waals surface area contributed by atoms with Gasteiger partial charge in [0.25, 0.3) is 5.91 Å². The highest BCUT2D eigenvalue weighted by atomic mass is 16.5. The van der Waals surface area contributed by atoms with Gasteiger partial charge in [-0.15, -0.1) is 0 Å². The van der Waals surface area contributed by atoms with E-state index in [-0.39, 0.29) is 18.4 Å². The normalized spacial score (nSPS) is 19.2. The molecule has 0 bridgehead atoms. The molecule has 1 aromatic carbocycles. The van der Waals surface area contributed by atoms with Crippen LogP contribution in [0.25, 0.3) is 0 Å². The van der Waals surface area contributed by atoms with E-state index in [1.54, 1.807) is 7.11 Å². The fourth-order valence-corrected chi connectivity index (χ4v) is 3.63. The van der Waals surface area contributed by atoms with E-state index in [2.05, 4.69) is 10.6 Å². The van der Waals surface area contributed by atoms with Gasteiger partial charge in [-0.3, -0.25) is 14.5 Å². The number of amides is 4. The molecule has 0 aromatic heterocycles. The minimum atomic E-state index is -0.802. The molecule has 0 radical (unpaired) electrons. The fourth-order valence-electron chi connectivity index (χ4n) is 3.63. The van der Waals surface area contributed by atoms with E-state index < -0.39 is 11.6 Å². The van der Waals surface area contributed by atoms with Crippen LogP contribution in [0.5, 0.6) is 5.75 Å². The number of imide groups is 1. The van der Waals surface area contributed by atoms with Crippen molar-refractivity contribution in [2.45, 2.75) is 50.6 Å². The van der Waals surface area contributed by atoms with Gasteiger partial charge in [0.05, 0.1) is 7.11 Å². The second-order valence-corrected chi connectivity index (χ2v) is 6.94. The van der Waals surface area contributed by atoms with Gasteiger partial charge >= 0.3 is 6.03 Å². The van der Waals surface area contributed by atoms with Crippen molar-refractivity contribution in [3.8, 4) is 5.75 Å². The zero-order valence-corrected chi connectivity index (χ0v) is 15.0. The van der Waals surface area contributed by atoms with Crippen LogP contribution in [0.1, 0.15) is 44.1 Å². The highest BCUT2D eigenvalue weighted by molar-refractivity contribution is 6.09. The van der Waals surface area contributed by atoms with E-state index >= 15 is 0 Å². The molecular formula is C19H25N3O4. The Morgan fingerprint density at radius 3 is 2.42 bits per heavy atom. The van der Waals surface area contributed by atoms with E-state index in [4.69, 9.17) is 4.74 Å². The van der Waals surface area contributed by atoms with Gasteiger partial charge in [-0.2, -0.15) is 0 Å². The maximum Gasteiger partial charge on any atom is 0.325 e. The molecule has 1 aromatic rings. The third-order valence-electron chi connectivity index (χ3n) is 5.15. The number of nitrogens with zero attached hydrogens (tertiary/aromatic N) is 1. The molecular weight excluding hydrogens is 334 g/mol. The Morgan fingerprint density at radius 2 is 1.81 bits per heavy atom. The first-order chi connectivity index (χ1) is 12.5. The summed E-state index contributed by atoms with van der Waals surface area (Å²) in [6, 6.07) is 6.88. The fraction of sp³-hybridized carbons (Fsp3) is 0.526. The Bertz CT molecular complexity index is 679. The van der Waals surface area contributed by atoms with Crippen LogP contribution in [0.2, 0.25) is 0 Å². The first-order valence-electron chi connectivity index (χ1n) is 9.08. The zero-order chi connectivity index (χ0) is 18.6. The molecule has 140 valence electrons. The van der Waals surface area contributed by atoms with Gasteiger partial charge < -0.3 is 15.4 Å². The van der Waals surface area contributed by atoms with Gasteiger partial charge in [-0.05, 0) is 30.5 Å². The Morgan fingerprint density at radius 1 is 1.15 bits per heavy atom. The lowest BCUT2D eigenvalue weighted by Crippen LogP contribution is -2.47. The molecule has 4 amide bonds. The molecule has 1 aliphatic heterocycles. The summed E-state index contributed by atoms with van der Waals surface area (Å²) in [5, 5.41) is 5.60. The number of hydrogen-bond acceptors (Lipinski definition) is 4. The molecule has 7 heteroatoms. The average molecular weight is 359 g/mol. The molecule has 1 aliphatic carbocycles. The molecule has 0 unspecified atom stereocenters. The summed E-state index contributed by atoms with van der Waals surface area (Å²) in [5.74, 6) is 0.132. The lowest BCUT2D eigenvalue weighted by molar-refractivity contribution is -0.135. The van der Waals surface area contributed by atoms with Crippen LogP contribution < -0.4 is 15.4 Å². The van der Waals surface area contributed by atoms with Gasteiger partial charge in [0.2, 0.25) is 5.91 Å². The van der Waals surface area contributed by atoms with Crippen LogP contribution in [0.4, 0.5) is 4.79 Å². The lowest BCUT2D eigenvalue weighted by atomic mass is 9.90. The summed E-state index contributed by atoms with van der Waals surface area (Å²) in [5.41, 5.74) is 0.112. The zero-order valence-electron chi connectivity index (χ0n) is 15.0. The van der Waals surface area contributed by atoms with Gasteiger partial charge in [-0.1, -0.05) is 37.8 Å². The number of carbonyl (C=O) groups excluding carboxylic acids is 3. The largest absolute Gasteiger partial charge is 0.497 e. The van der Waals surface area contributed by atoms with E-state index in [0.29, 0.717) is 19.4 Å². The summed E-state index contributed by atoms with van der Waals surface area (Å²) in [4.78, 5) is 38.3. The van der Waals surface area contributed by atoms with E-state index in [1.165, 1.54) is 0 Å². The maximum atomic E-state index is 12.8. The number of ether oxygens (including phenoxy) is 1. The monoisotopic (exact) mass is 359 g/mol. The molecule has 1 spiro atoms. The molecule has 7 nitrogen and oxygen atoms in total. The van der Waals surface area contributed by atoms with Crippen molar-refractivity contribution in [2.24, 2.45) is 0 Å². The number of methoxy groups -OCH3 is 1. The van der Waals surface area contributed by atoms with Crippen molar-refractivity contribution in [3.05, 3.63) is 29.8 Å². The topological polar surface area (TPSA) is 87.7 Å². The van der Waals surface area contributed by atoms with Crippen LogP contribution in [-0.2, 0) is 16.1 Å². The predicted octanol–water partition coefficient (Wildman–Crippen LogP) is 1.96. The number of nitrogens with one attached hydrogen (secondary N) is 2.